The maximum absolute atomic E-state index is 2.39. The summed E-state index contributed by atoms with van der Waals surface area (Å²) in [5.41, 5.74) is 3.64. The van der Waals surface area contributed by atoms with E-state index in [2.05, 4.69) is 20.8 Å². The van der Waals surface area contributed by atoms with Gasteiger partial charge in [0.2, 0.25) is 0 Å². The predicted octanol–water partition coefficient (Wildman–Crippen LogP) is 3.98. The molecule has 0 nitrogen and oxygen atoms in total. The third-order valence-electron chi connectivity index (χ3n) is 3.70. The van der Waals surface area contributed by atoms with Gasteiger partial charge in [-0.2, -0.15) is 0 Å². The zero-order valence-corrected chi connectivity index (χ0v) is 11.9. The Morgan fingerprint density at radius 2 is 1.46 bits per heavy atom. The van der Waals surface area contributed by atoms with E-state index in [4.69, 9.17) is 0 Å². The molecule has 0 aromatic carbocycles. The standard InChI is InChI=1S/C11H26Si2/c1-4-7-12-10-13(11-12,8-5-2)9-6-3/h12H,4-11H2,1-3H3. The first-order valence-corrected chi connectivity index (χ1v) is 11.5. The average molecular weight is 215 g/mol. The van der Waals surface area contributed by atoms with Gasteiger partial charge in [0, 0.05) is 16.9 Å². The summed E-state index contributed by atoms with van der Waals surface area (Å²) in [6.45, 7) is 7.15. The van der Waals surface area contributed by atoms with Crippen LogP contribution in [0.25, 0.3) is 0 Å². The highest BCUT2D eigenvalue weighted by Gasteiger charge is 2.44. The van der Waals surface area contributed by atoms with Crippen LogP contribution in [0.4, 0.5) is 0 Å². The van der Waals surface area contributed by atoms with Crippen molar-refractivity contribution in [3.8, 4) is 0 Å². The highest BCUT2D eigenvalue weighted by molar-refractivity contribution is 7.05. The summed E-state index contributed by atoms with van der Waals surface area (Å²) in [5.74, 6) is 0. The Morgan fingerprint density at radius 1 is 0.923 bits per heavy atom. The molecule has 1 heterocycles. The highest BCUT2D eigenvalue weighted by Crippen LogP contribution is 2.41. The molecule has 0 spiro atoms. The summed E-state index contributed by atoms with van der Waals surface area (Å²) in [6, 6.07) is 4.98. The van der Waals surface area contributed by atoms with E-state index in [1.165, 1.54) is 19.3 Å². The number of hydrogen-bond acceptors (Lipinski definition) is 0. The van der Waals surface area contributed by atoms with E-state index in [9.17, 15) is 0 Å². The third kappa shape index (κ3) is 2.95. The Bertz CT molecular complexity index is 131. The van der Waals surface area contributed by atoms with E-state index >= 15 is 0 Å². The van der Waals surface area contributed by atoms with Crippen molar-refractivity contribution in [3.05, 3.63) is 0 Å². The molecule has 0 aromatic heterocycles. The minimum atomic E-state index is -0.581. The fourth-order valence-electron chi connectivity index (χ4n) is 3.37. The van der Waals surface area contributed by atoms with Gasteiger partial charge in [-0.1, -0.05) is 69.5 Å². The van der Waals surface area contributed by atoms with Crippen LogP contribution >= 0.6 is 0 Å². The first kappa shape index (κ1) is 11.5. The van der Waals surface area contributed by atoms with Gasteiger partial charge >= 0.3 is 0 Å². The second-order valence-electron chi connectivity index (χ2n) is 5.06. The summed E-state index contributed by atoms with van der Waals surface area (Å²) < 4.78 is 0. The first-order valence-electron chi connectivity index (χ1n) is 6.26. The molecule has 0 atom stereocenters. The van der Waals surface area contributed by atoms with Gasteiger partial charge in [0.05, 0.1) is 0 Å². The quantitative estimate of drug-likeness (QED) is 0.587. The second kappa shape index (κ2) is 5.35. The minimum Gasteiger partial charge on any atom is -0.0657 e. The van der Waals surface area contributed by atoms with Crippen LogP contribution in [-0.4, -0.2) is 16.9 Å². The van der Waals surface area contributed by atoms with E-state index in [-0.39, 0.29) is 8.80 Å². The fourth-order valence-corrected chi connectivity index (χ4v) is 20.8. The van der Waals surface area contributed by atoms with Crippen LogP contribution in [0.3, 0.4) is 0 Å². The molecular weight excluding hydrogens is 188 g/mol. The maximum Gasteiger partial charge on any atom is 0.0478 e. The lowest BCUT2D eigenvalue weighted by Crippen LogP contribution is -2.52. The maximum atomic E-state index is 2.39. The molecule has 0 unspecified atom stereocenters. The summed E-state index contributed by atoms with van der Waals surface area (Å²) in [6.07, 6.45) is 4.42. The van der Waals surface area contributed by atoms with E-state index < -0.39 is 8.07 Å². The predicted molar refractivity (Wildman–Crippen MR) is 67.8 cm³/mol. The highest BCUT2D eigenvalue weighted by atomic mass is 28.4. The molecule has 2 heteroatoms. The fraction of sp³-hybridized carbons (Fsp3) is 1.00. The van der Waals surface area contributed by atoms with Gasteiger partial charge in [0.1, 0.15) is 0 Å². The summed E-state index contributed by atoms with van der Waals surface area (Å²) in [7, 11) is -0.709. The van der Waals surface area contributed by atoms with E-state index in [0.29, 0.717) is 0 Å². The van der Waals surface area contributed by atoms with Crippen LogP contribution in [0.15, 0.2) is 0 Å². The van der Waals surface area contributed by atoms with E-state index in [1.54, 1.807) is 18.1 Å². The SMILES string of the molecule is CCC[SiH]1C[Si](CCC)(CCC)C1. The Morgan fingerprint density at radius 3 is 1.85 bits per heavy atom. The smallest absolute Gasteiger partial charge is 0.0478 e. The molecule has 0 N–H and O–H groups in total. The molecule has 0 bridgehead atoms. The van der Waals surface area contributed by atoms with Gasteiger partial charge in [-0.15, -0.1) is 0 Å². The van der Waals surface area contributed by atoms with Crippen LogP contribution in [0, 0.1) is 0 Å². The Balaban J connectivity index is 2.29. The lowest BCUT2D eigenvalue weighted by Gasteiger charge is -2.46. The molecule has 0 aromatic rings. The topological polar surface area (TPSA) is 0 Å². The monoisotopic (exact) mass is 214 g/mol. The Labute approximate surface area is 86.7 Å². The van der Waals surface area contributed by atoms with Crippen LogP contribution in [0.5, 0.6) is 0 Å². The molecule has 0 saturated carbocycles. The molecule has 1 aliphatic rings. The van der Waals surface area contributed by atoms with E-state index in [0.717, 1.165) is 0 Å². The molecule has 13 heavy (non-hydrogen) atoms. The first-order chi connectivity index (χ1) is 6.26. The third-order valence-corrected chi connectivity index (χ3v) is 19.8. The molecule has 1 rings (SSSR count). The lowest BCUT2D eigenvalue weighted by molar-refractivity contribution is 0.947. The average Bonchev–Trinajstić information content (AvgIpc) is 2.03. The summed E-state index contributed by atoms with van der Waals surface area (Å²) >= 11 is 0. The van der Waals surface area contributed by atoms with Gasteiger partial charge in [0.15, 0.2) is 0 Å². The molecule has 1 aliphatic heterocycles. The van der Waals surface area contributed by atoms with Crippen molar-refractivity contribution in [2.45, 2.75) is 69.5 Å². The van der Waals surface area contributed by atoms with Crippen molar-refractivity contribution >= 4 is 16.9 Å². The van der Waals surface area contributed by atoms with Crippen LogP contribution in [0.2, 0.25) is 29.5 Å². The normalized spacial score (nSPS) is 21.5. The van der Waals surface area contributed by atoms with Crippen LogP contribution in [0.1, 0.15) is 40.0 Å². The van der Waals surface area contributed by atoms with Gasteiger partial charge in [-0.25, -0.2) is 0 Å². The van der Waals surface area contributed by atoms with Gasteiger partial charge in [-0.05, 0) is 0 Å². The van der Waals surface area contributed by atoms with Gasteiger partial charge in [0.25, 0.3) is 0 Å². The van der Waals surface area contributed by atoms with Crippen molar-refractivity contribution in [1.82, 2.24) is 0 Å². The summed E-state index contributed by atoms with van der Waals surface area (Å²) in [4.78, 5) is 0. The van der Waals surface area contributed by atoms with Gasteiger partial charge < -0.3 is 0 Å². The van der Waals surface area contributed by atoms with Crippen LogP contribution in [-0.2, 0) is 0 Å². The summed E-state index contributed by atoms with van der Waals surface area (Å²) in [5, 5.41) is 0. The van der Waals surface area contributed by atoms with Crippen molar-refractivity contribution in [2.75, 3.05) is 0 Å². The van der Waals surface area contributed by atoms with Crippen molar-refractivity contribution in [2.24, 2.45) is 0 Å². The molecule has 0 amide bonds. The number of rotatable bonds is 6. The molecule has 78 valence electrons. The number of hydrogen-bond donors (Lipinski definition) is 0. The second-order valence-corrected chi connectivity index (χ2v) is 14.6. The van der Waals surface area contributed by atoms with Gasteiger partial charge in [-0.3, -0.25) is 0 Å². The van der Waals surface area contributed by atoms with Crippen molar-refractivity contribution in [3.63, 3.8) is 0 Å². The Kier molecular flexibility index (Phi) is 4.73. The molecule has 1 fully saturated rings. The minimum absolute atomic E-state index is 0.127. The van der Waals surface area contributed by atoms with Crippen molar-refractivity contribution in [1.29, 1.82) is 0 Å². The van der Waals surface area contributed by atoms with Crippen LogP contribution < -0.4 is 0 Å². The zero-order chi connectivity index (χ0) is 9.73. The largest absolute Gasteiger partial charge is 0.0657 e. The van der Waals surface area contributed by atoms with Crippen molar-refractivity contribution < 1.29 is 0 Å². The molecule has 0 aliphatic carbocycles. The molecule has 0 radical (unpaired) electrons. The molecule has 1 saturated heterocycles. The lowest BCUT2D eigenvalue weighted by atomic mass is 10.6. The molecular formula is C11H26Si2. The Hall–Kier alpha value is 0.434. The van der Waals surface area contributed by atoms with E-state index in [1.807, 2.05) is 11.3 Å². The zero-order valence-electron chi connectivity index (χ0n) is 9.73.